The van der Waals surface area contributed by atoms with Crippen LogP contribution in [0.1, 0.15) is 24.5 Å². The smallest absolute Gasteiger partial charge is 0.392 e. The number of hydrogen-bond acceptors (Lipinski definition) is 1. The highest BCUT2D eigenvalue weighted by Gasteiger charge is 2.59. The van der Waals surface area contributed by atoms with E-state index in [2.05, 4.69) is 0 Å². The van der Waals surface area contributed by atoms with Crippen LogP contribution in [0.25, 0.3) is 0 Å². The molecule has 0 saturated carbocycles. The molecule has 1 N–H and O–H groups in total. The van der Waals surface area contributed by atoms with Gasteiger partial charge in [-0.15, -0.1) is 0 Å². The third-order valence-electron chi connectivity index (χ3n) is 3.30. The van der Waals surface area contributed by atoms with Gasteiger partial charge in [-0.2, -0.15) is 26.3 Å². The fourth-order valence-electron chi connectivity index (χ4n) is 2.24. The van der Waals surface area contributed by atoms with Crippen molar-refractivity contribution >= 4 is 0 Å². The van der Waals surface area contributed by atoms with Crippen LogP contribution < -0.4 is 0 Å². The molecule has 0 aliphatic rings. The Hall–Kier alpha value is -1.24. The molecule has 0 spiro atoms. The molecule has 0 bridgehead atoms. The minimum absolute atomic E-state index is 0.0339. The standard InChI is InChI=1S/C14H16F6O/c1-2-9-5-3-4-6-10(9)7-8-11(21)12(13(15,16)17)14(18,19)20/h3-6,11-12,21H,2,7-8H2,1H3. The Morgan fingerprint density at radius 1 is 0.952 bits per heavy atom. The molecule has 1 atom stereocenters. The summed E-state index contributed by atoms with van der Waals surface area (Å²) < 4.78 is 74.7. The maximum absolute atomic E-state index is 12.5. The van der Waals surface area contributed by atoms with Gasteiger partial charge in [0, 0.05) is 0 Å². The zero-order valence-corrected chi connectivity index (χ0v) is 11.3. The van der Waals surface area contributed by atoms with Crippen LogP contribution in [0.2, 0.25) is 0 Å². The molecule has 1 nitrogen and oxygen atoms in total. The first-order chi connectivity index (χ1) is 9.57. The lowest BCUT2D eigenvalue weighted by Crippen LogP contribution is -2.45. The van der Waals surface area contributed by atoms with E-state index in [-0.39, 0.29) is 6.42 Å². The Balaban J connectivity index is 2.81. The summed E-state index contributed by atoms with van der Waals surface area (Å²) in [6.07, 6.45) is -13.5. The number of hydrogen-bond donors (Lipinski definition) is 1. The molecule has 0 aromatic heterocycles. The lowest BCUT2D eigenvalue weighted by Gasteiger charge is -2.27. The van der Waals surface area contributed by atoms with Gasteiger partial charge < -0.3 is 5.11 Å². The second-order valence-electron chi connectivity index (χ2n) is 4.79. The van der Waals surface area contributed by atoms with E-state index in [0.717, 1.165) is 5.56 Å². The van der Waals surface area contributed by atoms with Crippen molar-refractivity contribution in [3.63, 3.8) is 0 Å². The zero-order valence-electron chi connectivity index (χ0n) is 11.3. The average molecular weight is 314 g/mol. The van der Waals surface area contributed by atoms with Crippen molar-refractivity contribution in [2.75, 3.05) is 0 Å². The predicted octanol–water partition coefficient (Wildman–Crippen LogP) is 4.28. The van der Waals surface area contributed by atoms with Crippen molar-refractivity contribution in [3.05, 3.63) is 35.4 Å². The maximum atomic E-state index is 12.5. The van der Waals surface area contributed by atoms with Crippen LogP contribution in [0.3, 0.4) is 0 Å². The van der Waals surface area contributed by atoms with Crippen LogP contribution in [0, 0.1) is 5.92 Å². The van der Waals surface area contributed by atoms with E-state index in [1.807, 2.05) is 6.92 Å². The van der Waals surface area contributed by atoms with Crippen LogP contribution in [-0.4, -0.2) is 23.6 Å². The number of benzene rings is 1. The van der Waals surface area contributed by atoms with Gasteiger partial charge in [0.1, 0.15) is 0 Å². The fraction of sp³-hybridized carbons (Fsp3) is 0.571. The Morgan fingerprint density at radius 2 is 1.43 bits per heavy atom. The van der Waals surface area contributed by atoms with E-state index in [0.29, 0.717) is 12.0 Å². The Labute approximate surface area is 118 Å². The number of rotatable bonds is 5. The summed E-state index contributed by atoms with van der Waals surface area (Å²) in [4.78, 5) is 0. The average Bonchev–Trinajstić information content (AvgIpc) is 2.33. The van der Waals surface area contributed by atoms with Gasteiger partial charge in [-0.25, -0.2) is 0 Å². The van der Waals surface area contributed by atoms with Gasteiger partial charge >= 0.3 is 12.4 Å². The van der Waals surface area contributed by atoms with Crippen molar-refractivity contribution in [3.8, 4) is 0 Å². The number of aryl methyl sites for hydroxylation is 2. The van der Waals surface area contributed by atoms with Crippen LogP contribution >= 0.6 is 0 Å². The summed E-state index contributed by atoms with van der Waals surface area (Å²) in [6.45, 7) is 1.84. The summed E-state index contributed by atoms with van der Waals surface area (Å²) in [5.74, 6) is -3.71. The SMILES string of the molecule is CCc1ccccc1CCC(O)C(C(F)(F)F)C(F)(F)F. The molecule has 0 heterocycles. The third kappa shape index (κ3) is 4.91. The van der Waals surface area contributed by atoms with Crippen molar-refractivity contribution in [2.24, 2.45) is 5.92 Å². The Morgan fingerprint density at radius 3 is 1.86 bits per heavy atom. The van der Waals surface area contributed by atoms with E-state index in [1.54, 1.807) is 24.3 Å². The monoisotopic (exact) mass is 314 g/mol. The molecule has 21 heavy (non-hydrogen) atoms. The quantitative estimate of drug-likeness (QED) is 0.804. The molecular weight excluding hydrogens is 298 g/mol. The summed E-state index contributed by atoms with van der Waals surface area (Å²) in [5, 5.41) is 9.37. The summed E-state index contributed by atoms with van der Waals surface area (Å²) in [5.41, 5.74) is 1.50. The minimum Gasteiger partial charge on any atom is -0.392 e. The molecule has 0 amide bonds. The van der Waals surface area contributed by atoms with Crippen molar-refractivity contribution in [2.45, 2.75) is 44.6 Å². The van der Waals surface area contributed by atoms with Crippen LogP contribution in [0.4, 0.5) is 26.3 Å². The summed E-state index contributed by atoms with van der Waals surface area (Å²) in [7, 11) is 0. The Bertz CT molecular complexity index is 438. The highest BCUT2D eigenvalue weighted by atomic mass is 19.4. The lowest BCUT2D eigenvalue weighted by molar-refractivity contribution is -0.306. The van der Waals surface area contributed by atoms with Crippen LogP contribution in [-0.2, 0) is 12.8 Å². The number of halogens is 6. The number of aliphatic hydroxyl groups excluding tert-OH is 1. The largest absolute Gasteiger partial charge is 0.403 e. The van der Waals surface area contributed by atoms with E-state index >= 15 is 0 Å². The first kappa shape index (κ1) is 17.8. The zero-order chi connectivity index (χ0) is 16.3. The van der Waals surface area contributed by atoms with E-state index in [4.69, 9.17) is 0 Å². The van der Waals surface area contributed by atoms with Crippen LogP contribution in [0.15, 0.2) is 24.3 Å². The first-order valence-corrected chi connectivity index (χ1v) is 6.45. The molecule has 0 aliphatic heterocycles. The van der Waals surface area contributed by atoms with Crippen molar-refractivity contribution < 1.29 is 31.4 Å². The van der Waals surface area contributed by atoms with Crippen molar-refractivity contribution in [1.29, 1.82) is 0 Å². The summed E-state index contributed by atoms with van der Waals surface area (Å²) in [6, 6.07) is 6.80. The molecule has 1 unspecified atom stereocenters. The molecular formula is C14H16F6O. The Kier molecular flexibility index (Phi) is 5.67. The highest BCUT2D eigenvalue weighted by molar-refractivity contribution is 5.27. The van der Waals surface area contributed by atoms with Gasteiger partial charge in [0.15, 0.2) is 5.92 Å². The molecule has 1 aromatic rings. The van der Waals surface area contributed by atoms with E-state index in [1.165, 1.54) is 0 Å². The lowest BCUT2D eigenvalue weighted by atomic mass is 9.93. The molecule has 0 radical (unpaired) electrons. The van der Waals surface area contributed by atoms with Gasteiger partial charge in [-0.05, 0) is 30.4 Å². The normalized spacial score (nSPS) is 14.5. The predicted molar refractivity (Wildman–Crippen MR) is 65.7 cm³/mol. The molecule has 7 heteroatoms. The fourth-order valence-corrected chi connectivity index (χ4v) is 2.24. The molecule has 120 valence electrons. The third-order valence-corrected chi connectivity index (χ3v) is 3.30. The summed E-state index contributed by atoms with van der Waals surface area (Å²) >= 11 is 0. The van der Waals surface area contributed by atoms with E-state index in [9.17, 15) is 31.4 Å². The molecule has 1 aromatic carbocycles. The maximum Gasteiger partial charge on any atom is 0.403 e. The van der Waals surface area contributed by atoms with Gasteiger partial charge in [0.2, 0.25) is 0 Å². The van der Waals surface area contributed by atoms with Gasteiger partial charge in [0.25, 0.3) is 0 Å². The van der Waals surface area contributed by atoms with Crippen LogP contribution in [0.5, 0.6) is 0 Å². The van der Waals surface area contributed by atoms with E-state index < -0.39 is 30.8 Å². The topological polar surface area (TPSA) is 20.2 Å². The highest BCUT2D eigenvalue weighted by Crippen LogP contribution is 2.42. The second-order valence-corrected chi connectivity index (χ2v) is 4.79. The van der Waals surface area contributed by atoms with Gasteiger partial charge in [-0.3, -0.25) is 0 Å². The second kappa shape index (κ2) is 6.68. The number of alkyl halides is 6. The molecule has 0 fully saturated rings. The first-order valence-electron chi connectivity index (χ1n) is 6.45. The van der Waals surface area contributed by atoms with Crippen molar-refractivity contribution in [1.82, 2.24) is 0 Å². The minimum atomic E-state index is -5.51. The number of aliphatic hydroxyl groups is 1. The molecule has 1 rings (SSSR count). The van der Waals surface area contributed by atoms with Gasteiger partial charge in [0.05, 0.1) is 6.10 Å². The molecule has 0 aliphatic carbocycles. The molecule has 0 saturated heterocycles. The van der Waals surface area contributed by atoms with Gasteiger partial charge in [-0.1, -0.05) is 31.2 Å².